The Balaban J connectivity index is 2.30. The SMILES string of the molecule is C=Cc1c(CCC)n2c3ccccc3c3cc(C(C)(C)C)cc1c32. The molecule has 0 atom stereocenters. The second-order valence-corrected chi connectivity index (χ2v) is 7.84. The van der Waals surface area contributed by atoms with E-state index in [4.69, 9.17) is 0 Å². The van der Waals surface area contributed by atoms with Gasteiger partial charge in [0.2, 0.25) is 0 Å². The first-order valence-corrected chi connectivity index (χ1v) is 8.91. The van der Waals surface area contributed by atoms with E-state index in [9.17, 15) is 0 Å². The summed E-state index contributed by atoms with van der Waals surface area (Å²) in [6.07, 6.45) is 4.27. The Morgan fingerprint density at radius 2 is 1.75 bits per heavy atom. The van der Waals surface area contributed by atoms with Crippen LogP contribution in [0.5, 0.6) is 0 Å². The molecule has 0 spiro atoms. The first-order valence-electron chi connectivity index (χ1n) is 8.91. The highest BCUT2D eigenvalue weighted by Crippen LogP contribution is 2.41. The van der Waals surface area contributed by atoms with Gasteiger partial charge < -0.3 is 4.40 Å². The minimum Gasteiger partial charge on any atom is -0.312 e. The summed E-state index contributed by atoms with van der Waals surface area (Å²) in [5.41, 5.74) is 6.93. The normalized spacial score (nSPS) is 12.7. The average Bonchev–Trinajstić information content (AvgIpc) is 3.04. The molecule has 0 saturated heterocycles. The minimum atomic E-state index is 0.133. The van der Waals surface area contributed by atoms with Crippen molar-refractivity contribution < 1.29 is 0 Å². The lowest BCUT2D eigenvalue weighted by Gasteiger charge is -2.19. The number of nitrogens with zero attached hydrogens (tertiary/aromatic N) is 1. The van der Waals surface area contributed by atoms with Gasteiger partial charge in [0.15, 0.2) is 0 Å². The summed E-state index contributed by atoms with van der Waals surface area (Å²) in [7, 11) is 0. The molecular weight excluding hydrogens is 290 g/mol. The van der Waals surface area contributed by atoms with Gasteiger partial charge in [0, 0.05) is 27.4 Å². The highest BCUT2D eigenvalue weighted by molar-refractivity contribution is 6.17. The summed E-state index contributed by atoms with van der Waals surface area (Å²) in [5, 5.41) is 4.09. The smallest absolute Gasteiger partial charge is 0.0617 e. The van der Waals surface area contributed by atoms with E-state index in [1.807, 2.05) is 6.08 Å². The fourth-order valence-corrected chi connectivity index (χ4v) is 4.00. The van der Waals surface area contributed by atoms with E-state index in [1.54, 1.807) is 0 Å². The molecule has 0 aliphatic carbocycles. The standard InChI is InChI=1S/C23H25N/c1-6-10-20-16(7-2)18-13-15(23(3,4)5)14-19-17-11-8-9-12-21(17)24(20)22(18)19/h7-9,11-14H,2,6,10H2,1,3-5H3. The van der Waals surface area contributed by atoms with Crippen molar-refractivity contribution in [2.45, 2.75) is 46.0 Å². The molecule has 2 aromatic heterocycles. The van der Waals surface area contributed by atoms with Gasteiger partial charge in [-0.05, 0) is 35.6 Å². The van der Waals surface area contributed by atoms with Crippen LogP contribution in [0.3, 0.4) is 0 Å². The Hall–Kier alpha value is -2.28. The predicted molar refractivity (Wildman–Crippen MR) is 106 cm³/mol. The first kappa shape index (κ1) is 15.3. The summed E-state index contributed by atoms with van der Waals surface area (Å²) in [4.78, 5) is 0. The molecule has 0 unspecified atom stereocenters. The third kappa shape index (κ3) is 1.94. The number of aromatic nitrogens is 1. The van der Waals surface area contributed by atoms with E-state index in [1.165, 1.54) is 44.0 Å². The zero-order chi connectivity index (χ0) is 17.1. The maximum absolute atomic E-state index is 4.13. The van der Waals surface area contributed by atoms with Crippen LogP contribution < -0.4 is 0 Å². The second-order valence-electron chi connectivity index (χ2n) is 7.84. The summed E-state index contributed by atoms with van der Waals surface area (Å²) >= 11 is 0. The molecule has 0 amide bonds. The van der Waals surface area contributed by atoms with E-state index in [2.05, 4.69) is 75.1 Å². The highest BCUT2D eigenvalue weighted by Gasteiger charge is 2.23. The number of aryl methyl sites for hydroxylation is 1. The Bertz CT molecular complexity index is 1060. The van der Waals surface area contributed by atoms with E-state index < -0.39 is 0 Å². The molecule has 2 aromatic carbocycles. The number of para-hydroxylation sites is 1. The Morgan fingerprint density at radius 3 is 2.42 bits per heavy atom. The molecule has 1 heteroatoms. The van der Waals surface area contributed by atoms with Gasteiger partial charge in [0.05, 0.1) is 11.0 Å². The van der Waals surface area contributed by atoms with Crippen molar-refractivity contribution >= 4 is 33.3 Å². The Kier molecular flexibility index (Phi) is 3.25. The van der Waals surface area contributed by atoms with Crippen LogP contribution in [0.15, 0.2) is 43.0 Å². The molecular formula is C23H25N. The number of hydrogen-bond acceptors (Lipinski definition) is 0. The predicted octanol–water partition coefficient (Wildman–Crippen LogP) is 6.58. The third-order valence-corrected chi connectivity index (χ3v) is 5.20. The molecule has 0 saturated carbocycles. The fourth-order valence-electron chi connectivity index (χ4n) is 4.00. The number of fused-ring (bicyclic) bond motifs is 3. The quantitative estimate of drug-likeness (QED) is 0.402. The van der Waals surface area contributed by atoms with Crippen LogP contribution in [-0.4, -0.2) is 4.40 Å². The van der Waals surface area contributed by atoms with Gasteiger partial charge in [-0.3, -0.25) is 0 Å². The average molecular weight is 315 g/mol. The molecule has 0 N–H and O–H groups in total. The molecule has 0 fully saturated rings. The first-order chi connectivity index (χ1) is 11.5. The molecule has 0 aliphatic rings. The zero-order valence-corrected chi connectivity index (χ0v) is 15.1. The topological polar surface area (TPSA) is 4.41 Å². The summed E-state index contributed by atoms with van der Waals surface area (Å²) in [6.45, 7) is 13.2. The van der Waals surface area contributed by atoms with Crippen LogP contribution in [0, 0.1) is 0 Å². The molecule has 1 nitrogen and oxygen atoms in total. The molecule has 0 radical (unpaired) electrons. The lowest BCUT2D eigenvalue weighted by atomic mass is 9.85. The van der Waals surface area contributed by atoms with Crippen molar-refractivity contribution in [3.05, 3.63) is 59.8 Å². The van der Waals surface area contributed by atoms with Gasteiger partial charge in [-0.25, -0.2) is 0 Å². The number of benzene rings is 2. The van der Waals surface area contributed by atoms with Crippen molar-refractivity contribution in [1.82, 2.24) is 4.40 Å². The molecule has 0 bridgehead atoms. The molecule has 4 rings (SSSR count). The molecule has 4 aromatic rings. The third-order valence-electron chi connectivity index (χ3n) is 5.20. The van der Waals surface area contributed by atoms with Crippen LogP contribution in [0.1, 0.15) is 50.9 Å². The number of hydrogen-bond donors (Lipinski definition) is 0. The minimum absolute atomic E-state index is 0.133. The summed E-state index contributed by atoms with van der Waals surface area (Å²) in [6, 6.07) is 13.6. The maximum atomic E-state index is 4.13. The van der Waals surface area contributed by atoms with Gasteiger partial charge >= 0.3 is 0 Å². The zero-order valence-electron chi connectivity index (χ0n) is 15.1. The number of rotatable bonds is 3. The fraction of sp³-hybridized carbons (Fsp3) is 0.304. The lowest BCUT2D eigenvalue weighted by molar-refractivity contribution is 0.592. The highest BCUT2D eigenvalue weighted by atomic mass is 14.9. The summed E-state index contributed by atoms with van der Waals surface area (Å²) < 4.78 is 2.48. The van der Waals surface area contributed by atoms with Crippen LogP contribution >= 0.6 is 0 Å². The molecule has 0 aliphatic heterocycles. The van der Waals surface area contributed by atoms with Crippen molar-refractivity contribution in [3.63, 3.8) is 0 Å². The van der Waals surface area contributed by atoms with E-state index in [0.29, 0.717) is 0 Å². The van der Waals surface area contributed by atoms with E-state index in [-0.39, 0.29) is 5.41 Å². The van der Waals surface area contributed by atoms with Gasteiger partial charge in [-0.15, -0.1) is 0 Å². The monoisotopic (exact) mass is 315 g/mol. The van der Waals surface area contributed by atoms with Gasteiger partial charge in [-0.2, -0.15) is 0 Å². The van der Waals surface area contributed by atoms with E-state index >= 15 is 0 Å². The van der Waals surface area contributed by atoms with Crippen molar-refractivity contribution in [2.75, 3.05) is 0 Å². The van der Waals surface area contributed by atoms with Crippen LogP contribution in [0.2, 0.25) is 0 Å². The van der Waals surface area contributed by atoms with Crippen LogP contribution in [0.25, 0.3) is 33.3 Å². The molecule has 122 valence electrons. The van der Waals surface area contributed by atoms with E-state index in [0.717, 1.165) is 12.8 Å². The van der Waals surface area contributed by atoms with Crippen molar-refractivity contribution in [1.29, 1.82) is 0 Å². The second kappa shape index (κ2) is 5.11. The molecule has 2 heterocycles. The maximum Gasteiger partial charge on any atom is 0.0617 e. The summed E-state index contributed by atoms with van der Waals surface area (Å²) in [5.74, 6) is 0. The van der Waals surface area contributed by atoms with Crippen molar-refractivity contribution in [3.8, 4) is 0 Å². The Labute approximate surface area is 143 Å². The lowest BCUT2D eigenvalue weighted by Crippen LogP contribution is -2.10. The van der Waals surface area contributed by atoms with Crippen LogP contribution in [0.4, 0.5) is 0 Å². The van der Waals surface area contributed by atoms with Gasteiger partial charge in [-0.1, -0.05) is 65.0 Å². The molecule has 24 heavy (non-hydrogen) atoms. The van der Waals surface area contributed by atoms with Gasteiger partial charge in [0.1, 0.15) is 0 Å². The van der Waals surface area contributed by atoms with Crippen LogP contribution in [-0.2, 0) is 11.8 Å². The Morgan fingerprint density at radius 1 is 1.04 bits per heavy atom. The largest absolute Gasteiger partial charge is 0.312 e. The van der Waals surface area contributed by atoms with Gasteiger partial charge in [0.25, 0.3) is 0 Å². The van der Waals surface area contributed by atoms with Crippen molar-refractivity contribution in [2.24, 2.45) is 0 Å².